The quantitative estimate of drug-likeness (QED) is 0.362. The normalized spacial score (nSPS) is 9.83. The smallest absolute Gasteiger partial charge is 0.271 e. The van der Waals surface area contributed by atoms with Crippen molar-refractivity contribution in [2.75, 3.05) is 23.9 Å². The molecule has 1 aromatic rings. The Morgan fingerprint density at radius 3 is 3.00 bits per heavy atom. The van der Waals surface area contributed by atoms with Gasteiger partial charge in [0.25, 0.3) is 5.69 Å². The van der Waals surface area contributed by atoms with Gasteiger partial charge in [0.1, 0.15) is 0 Å². The zero-order valence-electron chi connectivity index (χ0n) is 10.0. The van der Waals surface area contributed by atoms with E-state index < -0.39 is 4.92 Å². The number of hydrogen-bond acceptors (Lipinski definition) is 4. The molecule has 0 atom stereocenters. The van der Waals surface area contributed by atoms with Crippen LogP contribution in [0.1, 0.15) is 6.42 Å². The highest BCUT2D eigenvalue weighted by Crippen LogP contribution is 2.16. The van der Waals surface area contributed by atoms with Crippen molar-refractivity contribution in [1.82, 2.24) is 5.32 Å². The Hall–Kier alpha value is -1.34. The number of benzene rings is 1. The maximum absolute atomic E-state index is 10.6. The molecule has 1 rings (SSSR count). The lowest BCUT2D eigenvalue weighted by Crippen LogP contribution is -2.29. The maximum atomic E-state index is 10.6. The van der Waals surface area contributed by atoms with E-state index >= 15 is 0 Å². The fourth-order valence-electron chi connectivity index (χ4n) is 1.29. The van der Waals surface area contributed by atoms with Crippen molar-refractivity contribution in [3.63, 3.8) is 0 Å². The van der Waals surface area contributed by atoms with Crippen molar-refractivity contribution in [1.29, 1.82) is 0 Å². The van der Waals surface area contributed by atoms with E-state index in [9.17, 15) is 10.1 Å². The van der Waals surface area contributed by atoms with E-state index in [4.69, 9.17) is 12.2 Å². The Bertz CT molecular complexity index is 427. The summed E-state index contributed by atoms with van der Waals surface area (Å²) in [5.74, 6) is 1.08. The Kier molecular flexibility index (Phi) is 6.45. The lowest BCUT2D eigenvalue weighted by Gasteiger charge is -2.09. The third kappa shape index (κ3) is 5.33. The molecule has 0 heterocycles. The maximum Gasteiger partial charge on any atom is 0.271 e. The van der Waals surface area contributed by atoms with Crippen LogP contribution in [0.3, 0.4) is 0 Å². The topological polar surface area (TPSA) is 67.2 Å². The Balaban J connectivity index is 2.44. The molecular formula is C11H15N3O2S2. The molecule has 98 valence electrons. The van der Waals surface area contributed by atoms with E-state index in [0.717, 1.165) is 18.7 Å². The van der Waals surface area contributed by atoms with Gasteiger partial charge in [-0.25, -0.2) is 0 Å². The van der Waals surface area contributed by atoms with Gasteiger partial charge in [-0.1, -0.05) is 6.07 Å². The van der Waals surface area contributed by atoms with Crippen molar-refractivity contribution in [2.24, 2.45) is 0 Å². The van der Waals surface area contributed by atoms with Crippen LogP contribution in [0, 0.1) is 10.1 Å². The lowest BCUT2D eigenvalue weighted by atomic mass is 10.3. The van der Waals surface area contributed by atoms with Gasteiger partial charge in [0.2, 0.25) is 0 Å². The lowest BCUT2D eigenvalue weighted by molar-refractivity contribution is -0.384. The second-order valence-corrected chi connectivity index (χ2v) is 4.93. The molecule has 0 aliphatic rings. The first-order valence-corrected chi connectivity index (χ1v) is 7.22. The molecule has 0 aliphatic heterocycles. The van der Waals surface area contributed by atoms with Crippen LogP contribution in [0.5, 0.6) is 0 Å². The standard InChI is InChI=1S/C11H15N3O2S2/c1-18-7-3-6-12-11(17)13-9-4-2-5-10(8-9)14(15)16/h2,4-5,8H,3,6-7H2,1H3,(H2,12,13,17). The molecule has 0 radical (unpaired) electrons. The minimum absolute atomic E-state index is 0.0465. The molecular weight excluding hydrogens is 270 g/mol. The Morgan fingerprint density at radius 2 is 2.33 bits per heavy atom. The van der Waals surface area contributed by atoms with Crippen molar-refractivity contribution in [2.45, 2.75) is 6.42 Å². The minimum atomic E-state index is -0.430. The van der Waals surface area contributed by atoms with Gasteiger partial charge in [0, 0.05) is 24.4 Å². The van der Waals surface area contributed by atoms with Crippen molar-refractivity contribution in [3.05, 3.63) is 34.4 Å². The number of nitrogens with one attached hydrogen (secondary N) is 2. The fourth-order valence-corrected chi connectivity index (χ4v) is 1.94. The van der Waals surface area contributed by atoms with Crippen molar-refractivity contribution in [3.8, 4) is 0 Å². The van der Waals surface area contributed by atoms with E-state index in [-0.39, 0.29) is 5.69 Å². The van der Waals surface area contributed by atoms with E-state index in [0.29, 0.717) is 10.8 Å². The van der Waals surface area contributed by atoms with Crippen LogP contribution >= 0.6 is 24.0 Å². The number of nitro benzene ring substituents is 1. The minimum Gasteiger partial charge on any atom is -0.362 e. The predicted octanol–water partition coefficient (Wildman–Crippen LogP) is 2.63. The first-order chi connectivity index (χ1) is 8.63. The summed E-state index contributed by atoms with van der Waals surface area (Å²) in [5.41, 5.74) is 0.664. The van der Waals surface area contributed by atoms with Crippen LogP contribution in [0.2, 0.25) is 0 Å². The number of nitrogens with zero attached hydrogens (tertiary/aromatic N) is 1. The number of thioether (sulfide) groups is 1. The number of nitro groups is 1. The average molecular weight is 285 g/mol. The second kappa shape index (κ2) is 7.88. The molecule has 0 spiro atoms. The summed E-state index contributed by atoms with van der Waals surface area (Å²) in [4.78, 5) is 10.2. The number of hydrogen-bond donors (Lipinski definition) is 2. The molecule has 0 fully saturated rings. The van der Waals surface area contributed by atoms with Gasteiger partial charge in [-0.3, -0.25) is 10.1 Å². The third-order valence-electron chi connectivity index (χ3n) is 2.13. The first kappa shape index (κ1) is 14.7. The molecule has 0 aliphatic carbocycles. The summed E-state index contributed by atoms with van der Waals surface area (Å²) < 4.78 is 0. The van der Waals surface area contributed by atoms with Crippen LogP contribution in [0.4, 0.5) is 11.4 Å². The fraction of sp³-hybridized carbons (Fsp3) is 0.364. The zero-order chi connectivity index (χ0) is 13.4. The molecule has 0 saturated carbocycles. The molecule has 0 unspecified atom stereocenters. The molecule has 5 nitrogen and oxygen atoms in total. The highest BCUT2D eigenvalue weighted by molar-refractivity contribution is 7.98. The van der Waals surface area contributed by atoms with Crippen LogP contribution in [0.25, 0.3) is 0 Å². The summed E-state index contributed by atoms with van der Waals surface area (Å²) in [6, 6.07) is 6.26. The summed E-state index contributed by atoms with van der Waals surface area (Å²) >= 11 is 6.88. The Labute approximate surface area is 115 Å². The molecule has 0 saturated heterocycles. The van der Waals surface area contributed by atoms with Crippen LogP contribution in [-0.2, 0) is 0 Å². The number of rotatable bonds is 6. The third-order valence-corrected chi connectivity index (χ3v) is 3.07. The second-order valence-electron chi connectivity index (χ2n) is 3.53. The molecule has 2 N–H and O–H groups in total. The number of thiocarbonyl (C=S) groups is 1. The van der Waals surface area contributed by atoms with Gasteiger partial charge in [0.05, 0.1) is 4.92 Å². The highest BCUT2D eigenvalue weighted by atomic mass is 32.2. The summed E-state index contributed by atoms with van der Waals surface area (Å²) in [5, 5.41) is 17.1. The first-order valence-electron chi connectivity index (χ1n) is 5.41. The van der Waals surface area contributed by atoms with Crippen LogP contribution in [0.15, 0.2) is 24.3 Å². The van der Waals surface area contributed by atoms with Gasteiger partial charge < -0.3 is 10.6 Å². The van der Waals surface area contributed by atoms with Gasteiger partial charge in [-0.05, 0) is 36.7 Å². The van der Waals surface area contributed by atoms with Crippen molar-refractivity contribution < 1.29 is 4.92 Å². The molecule has 0 aromatic heterocycles. The van der Waals surface area contributed by atoms with Gasteiger partial charge in [-0.15, -0.1) is 0 Å². The van der Waals surface area contributed by atoms with E-state index in [2.05, 4.69) is 16.9 Å². The summed E-state index contributed by atoms with van der Waals surface area (Å²) in [6.07, 6.45) is 3.08. The number of anilines is 1. The molecule has 0 amide bonds. The Morgan fingerprint density at radius 1 is 1.56 bits per heavy atom. The van der Waals surface area contributed by atoms with Gasteiger partial charge in [-0.2, -0.15) is 11.8 Å². The molecule has 1 aromatic carbocycles. The van der Waals surface area contributed by atoms with Gasteiger partial charge >= 0.3 is 0 Å². The highest BCUT2D eigenvalue weighted by Gasteiger charge is 2.06. The largest absolute Gasteiger partial charge is 0.362 e. The zero-order valence-corrected chi connectivity index (χ0v) is 11.6. The van der Waals surface area contributed by atoms with E-state index in [1.54, 1.807) is 23.9 Å². The van der Waals surface area contributed by atoms with Crippen LogP contribution < -0.4 is 10.6 Å². The monoisotopic (exact) mass is 285 g/mol. The van der Waals surface area contributed by atoms with Gasteiger partial charge in [0.15, 0.2) is 5.11 Å². The summed E-state index contributed by atoms with van der Waals surface area (Å²) in [7, 11) is 0. The SMILES string of the molecule is CSCCCNC(=S)Nc1cccc([N+](=O)[O-])c1. The number of non-ortho nitro benzene ring substituents is 1. The van der Waals surface area contributed by atoms with Crippen molar-refractivity contribution >= 4 is 40.5 Å². The van der Waals surface area contributed by atoms with E-state index in [1.165, 1.54) is 12.1 Å². The van der Waals surface area contributed by atoms with Crippen LogP contribution in [-0.4, -0.2) is 28.6 Å². The van der Waals surface area contributed by atoms with E-state index in [1.807, 2.05) is 0 Å². The summed E-state index contributed by atoms with van der Waals surface area (Å²) in [6.45, 7) is 0.793. The average Bonchev–Trinajstić information content (AvgIpc) is 2.35. The molecule has 7 heteroatoms. The predicted molar refractivity (Wildman–Crippen MR) is 80.3 cm³/mol. The molecule has 0 bridgehead atoms. The molecule has 18 heavy (non-hydrogen) atoms.